The van der Waals surface area contributed by atoms with Crippen molar-refractivity contribution in [2.75, 3.05) is 26.4 Å². The summed E-state index contributed by atoms with van der Waals surface area (Å²) in [5.41, 5.74) is 5.33. The molecule has 0 spiro atoms. The number of hydrogen-bond donors (Lipinski definition) is 1. The van der Waals surface area contributed by atoms with Crippen LogP contribution in [0.15, 0.2) is 0 Å². The van der Waals surface area contributed by atoms with Crippen molar-refractivity contribution < 1.29 is 14.3 Å². The van der Waals surface area contributed by atoms with E-state index in [1.165, 1.54) is 19.3 Å². The number of rotatable bonds is 11. The summed E-state index contributed by atoms with van der Waals surface area (Å²) in [7, 11) is 0. The van der Waals surface area contributed by atoms with Crippen molar-refractivity contribution in [2.45, 2.75) is 38.6 Å². The minimum atomic E-state index is -0.505. The minimum absolute atomic E-state index is 0. The SMILES string of the molecule is CCCCCCOCCOC[C@H](N)C=O.Cl. The Balaban J connectivity index is 0. The van der Waals surface area contributed by atoms with E-state index >= 15 is 0 Å². The third kappa shape index (κ3) is 13.8. The molecule has 2 N–H and O–H groups in total. The summed E-state index contributed by atoms with van der Waals surface area (Å²) >= 11 is 0. The van der Waals surface area contributed by atoms with Gasteiger partial charge in [-0.3, -0.25) is 0 Å². The van der Waals surface area contributed by atoms with E-state index in [4.69, 9.17) is 15.2 Å². The maximum atomic E-state index is 10.1. The maximum Gasteiger partial charge on any atom is 0.139 e. The summed E-state index contributed by atoms with van der Waals surface area (Å²) in [6, 6.07) is -0.505. The summed E-state index contributed by atoms with van der Waals surface area (Å²) in [6.45, 7) is 4.35. The lowest BCUT2D eigenvalue weighted by Crippen LogP contribution is -2.28. The Labute approximate surface area is 104 Å². The van der Waals surface area contributed by atoms with E-state index in [1.807, 2.05) is 0 Å². The van der Waals surface area contributed by atoms with Crippen LogP contribution in [-0.2, 0) is 14.3 Å². The van der Waals surface area contributed by atoms with Gasteiger partial charge in [-0.25, -0.2) is 0 Å². The second kappa shape index (κ2) is 14.8. The van der Waals surface area contributed by atoms with Gasteiger partial charge in [0.15, 0.2) is 0 Å². The Morgan fingerprint density at radius 3 is 2.44 bits per heavy atom. The lowest BCUT2D eigenvalue weighted by molar-refractivity contribution is -0.110. The minimum Gasteiger partial charge on any atom is -0.379 e. The van der Waals surface area contributed by atoms with Crippen LogP contribution in [0.1, 0.15) is 32.6 Å². The summed E-state index contributed by atoms with van der Waals surface area (Å²) in [5, 5.41) is 0. The van der Waals surface area contributed by atoms with Crippen LogP contribution in [0.25, 0.3) is 0 Å². The summed E-state index contributed by atoms with van der Waals surface area (Å²) in [5.74, 6) is 0. The van der Waals surface area contributed by atoms with Gasteiger partial charge in [-0.05, 0) is 6.42 Å². The standard InChI is InChI=1S/C11H23NO3.ClH/c1-2-3-4-5-6-14-7-8-15-10-11(12)9-13;/h9,11H,2-8,10,12H2,1H3;1H/t11-;/m1./s1. The molecule has 0 saturated heterocycles. The zero-order chi connectivity index (χ0) is 11.4. The largest absolute Gasteiger partial charge is 0.379 e. The van der Waals surface area contributed by atoms with Crippen molar-refractivity contribution in [1.29, 1.82) is 0 Å². The molecule has 0 aromatic rings. The van der Waals surface area contributed by atoms with Gasteiger partial charge in [0, 0.05) is 6.61 Å². The highest BCUT2D eigenvalue weighted by atomic mass is 35.5. The fourth-order valence-corrected chi connectivity index (χ4v) is 1.11. The molecular formula is C11H24ClNO3. The Hall–Kier alpha value is -0.160. The molecule has 0 fully saturated rings. The molecule has 98 valence electrons. The van der Waals surface area contributed by atoms with Gasteiger partial charge in [0.05, 0.1) is 25.9 Å². The Bertz CT molecular complexity index is 147. The van der Waals surface area contributed by atoms with Gasteiger partial charge >= 0.3 is 0 Å². The molecule has 0 bridgehead atoms. The average Bonchev–Trinajstić information content (AvgIpc) is 2.26. The molecule has 16 heavy (non-hydrogen) atoms. The third-order valence-electron chi connectivity index (χ3n) is 2.00. The number of carbonyl (C=O) groups excluding carboxylic acids is 1. The van der Waals surface area contributed by atoms with E-state index in [0.717, 1.165) is 13.0 Å². The zero-order valence-electron chi connectivity index (χ0n) is 10.0. The number of unbranched alkanes of at least 4 members (excludes halogenated alkanes) is 3. The normalized spacial score (nSPS) is 11.9. The van der Waals surface area contributed by atoms with Gasteiger partial charge in [-0.15, -0.1) is 12.4 Å². The molecule has 0 unspecified atom stereocenters. The van der Waals surface area contributed by atoms with Crippen molar-refractivity contribution >= 4 is 18.7 Å². The molecule has 0 aromatic carbocycles. The molecular weight excluding hydrogens is 230 g/mol. The molecule has 0 aliphatic carbocycles. The van der Waals surface area contributed by atoms with Crippen molar-refractivity contribution in [3.05, 3.63) is 0 Å². The van der Waals surface area contributed by atoms with Gasteiger partial charge in [0.2, 0.25) is 0 Å². The van der Waals surface area contributed by atoms with Crippen LogP contribution < -0.4 is 5.73 Å². The van der Waals surface area contributed by atoms with Gasteiger partial charge in [-0.1, -0.05) is 26.2 Å². The molecule has 0 heterocycles. The molecule has 4 nitrogen and oxygen atoms in total. The maximum absolute atomic E-state index is 10.1. The Morgan fingerprint density at radius 2 is 1.81 bits per heavy atom. The first-order valence-electron chi connectivity index (χ1n) is 5.67. The van der Waals surface area contributed by atoms with Crippen LogP contribution in [0, 0.1) is 0 Å². The predicted molar refractivity (Wildman–Crippen MR) is 67.1 cm³/mol. The van der Waals surface area contributed by atoms with Gasteiger partial charge < -0.3 is 20.0 Å². The highest BCUT2D eigenvalue weighted by Crippen LogP contribution is 1.98. The molecule has 0 radical (unpaired) electrons. The van der Waals surface area contributed by atoms with Crippen LogP contribution in [0.2, 0.25) is 0 Å². The van der Waals surface area contributed by atoms with Crippen LogP contribution in [0.5, 0.6) is 0 Å². The van der Waals surface area contributed by atoms with E-state index in [0.29, 0.717) is 19.5 Å². The summed E-state index contributed by atoms with van der Waals surface area (Å²) in [4.78, 5) is 10.1. The molecule has 0 amide bonds. The van der Waals surface area contributed by atoms with E-state index in [9.17, 15) is 4.79 Å². The second-order valence-electron chi connectivity index (χ2n) is 3.55. The zero-order valence-corrected chi connectivity index (χ0v) is 10.8. The lowest BCUT2D eigenvalue weighted by atomic mass is 10.2. The van der Waals surface area contributed by atoms with Crippen molar-refractivity contribution in [1.82, 2.24) is 0 Å². The average molecular weight is 254 g/mol. The van der Waals surface area contributed by atoms with Crippen molar-refractivity contribution in [3.63, 3.8) is 0 Å². The summed E-state index contributed by atoms with van der Waals surface area (Å²) < 4.78 is 10.5. The number of ether oxygens (including phenoxy) is 2. The lowest BCUT2D eigenvalue weighted by Gasteiger charge is -2.06. The first kappa shape index (κ1) is 18.2. The molecule has 0 saturated carbocycles. The quantitative estimate of drug-likeness (QED) is 0.448. The molecule has 5 heteroatoms. The van der Waals surface area contributed by atoms with Crippen molar-refractivity contribution in [3.8, 4) is 0 Å². The van der Waals surface area contributed by atoms with Crippen LogP contribution >= 0.6 is 12.4 Å². The highest BCUT2D eigenvalue weighted by molar-refractivity contribution is 5.85. The molecule has 1 atom stereocenters. The highest BCUT2D eigenvalue weighted by Gasteiger charge is 1.98. The molecule has 0 aromatic heterocycles. The van der Waals surface area contributed by atoms with Crippen molar-refractivity contribution in [2.24, 2.45) is 5.73 Å². The van der Waals surface area contributed by atoms with E-state index < -0.39 is 6.04 Å². The van der Waals surface area contributed by atoms with Crippen LogP contribution in [-0.4, -0.2) is 38.8 Å². The molecule has 0 aliphatic rings. The van der Waals surface area contributed by atoms with Gasteiger partial charge in [0.25, 0.3) is 0 Å². The Kier molecular flexibility index (Phi) is 16.9. The first-order chi connectivity index (χ1) is 7.31. The number of hydrogen-bond acceptors (Lipinski definition) is 4. The van der Waals surface area contributed by atoms with Gasteiger partial charge in [0.1, 0.15) is 6.29 Å². The molecule has 0 rings (SSSR count). The Morgan fingerprint density at radius 1 is 1.12 bits per heavy atom. The van der Waals surface area contributed by atoms with E-state index in [1.54, 1.807) is 0 Å². The fourth-order valence-electron chi connectivity index (χ4n) is 1.11. The number of nitrogens with two attached hydrogens (primary N) is 1. The number of halogens is 1. The fraction of sp³-hybridized carbons (Fsp3) is 0.909. The third-order valence-corrected chi connectivity index (χ3v) is 2.00. The molecule has 0 aliphatic heterocycles. The first-order valence-corrected chi connectivity index (χ1v) is 5.67. The van der Waals surface area contributed by atoms with E-state index in [-0.39, 0.29) is 19.0 Å². The van der Waals surface area contributed by atoms with Gasteiger partial charge in [-0.2, -0.15) is 0 Å². The topological polar surface area (TPSA) is 61.6 Å². The van der Waals surface area contributed by atoms with Crippen LogP contribution in [0.3, 0.4) is 0 Å². The second-order valence-corrected chi connectivity index (χ2v) is 3.55. The number of aldehydes is 1. The van der Waals surface area contributed by atoms with Crippen LogP contribution in [0.4, 0.5) is 0 Å². The summed E-state index contributed by atoms with van der Waals surface area (Å²) in [6.07, 6.45) is 5.54. The number of carbonyl (C=O) groups is 1. The smallest absolute Gasteiger partial charge is 0.139 e. The monoisotopic (exact) mass is 253 g/mol. The van der Waals surface area contributed by atoms with E-state index in [2.05, 4.69) is 6.92 Å². The predicted octanol–water partition coefficient (Wildman–Crippen LogP) is 1.55.